The van der Waals surface area contributed by atoms with E-state index in [-0.39, 0.29) is 0 Å². The molecular formula is C12H20N2O. The molecular weight excluding hydrogens is 188 g/mol. The lowest BCUT2D eigenvalue weighted by Gasteiger charge is -2.19. The van der Waals surface area contributed by atoms with Crippen molar-refractivity contribution in [3.8, 4) is 0 Å². The lowest BCUT2D eigenvalue weighted by Crippen LogP contribution is -2.28. The predicted octanol–water partition coefficient (Wildman–Crippen LogP) is 2.00. The molecule has 0 amide bonds. The van der Waals surface area contributed by atoms with Crippen molar-refractivity contribution in [3.05, 3.63) is 12.2 Å². The Morgan fingerprint density at radius 2 is 2.33 bits per heavy atom. The Hall–Kier alpha value is -0.920. The normalized spacial score (nSPS) is 22.5. The first-order valence-corrected chi connectivity index (χ1v) is 5.66. The maximum atomic E-state index is 9.81. The molecule has 3 nitrogen and oxygen atoms in total. The lowest BCUT2D eigenvalue weighted by atomic mass is 10.1. The van der Waals surface area contributed by atoms with Crippen LogP contribution in [0.3, 0.4) is 0 Å². The molecule has 0 aliphatic carbocycles. The van der Waals surface area contributed by atoms with Crippen LogP contribution in [0.5, 0.6) is 0 Å². The Balaban J connectivity index is 2.18. The first-order valence-electron chi connectivity index (χ1n) is 5.66. The van der Waals surface area contributed by atoms with Gasteiger partial charge in [0.15, 0.2) is 0 Å². The van der Waals surface area contributed by atoms with Crippen LogP contribution in [0.4, 0.5) is 0 Å². The summed E-state index contributed by atoms with van der Waals surface area (Å²) in [6, 6.07) is 0.665. The zero-order valence-electron chi connectivity index (χ0n) is 9.65. The average Bonchev–Trinajstić information content (AvgIpc) is 2.66. The van der Waals surface area contributed by atoms with Crippen LogP contribution >= 0.6 is 0 Å². The minimum atomic E-state index is 0.476. The maximum absolute atomic E-state index is 9.81. The zero-order chi connectivity index (χ0) is 11.1. The predicted molar refractivity (Wildman–Crippen MR) is 61.6 cm³/mol. The van der Waals surface area contributed by atoms with Crippen molar-refractivity contribution in [2.45, 2.75) is 32.7 Å². The number of nitrogens with zero attached hydrogens (tertiary/aromatic N) is 2. The third-order valence-electron chi connectivity index (χ3n) is 2.94. The summed E-state index contributed by atoms with van der Waals surface area (Å²) in [5, 5.41) is 0. The molecule has 1 aliphatic heterocycles. The molecule has 3 heteroatoms. The number of carbonyl (C=O) groups excluding carboxylic acids is 1. The summed E-state index contributed by atoms with van der Waals surface area (Å²) in [5.74, 6) is 0.781. The van der Waals surface area contributed by atoms with Gasteiger partial charge >= 0.3 is 0 Å². The number of isocyanates is 1. The molecule has 1 heterocycles. The van der Waals surface area contributed by atoms with Gasteiger partial charge in [0.25, 0.3) is 0 Å². The molecule has 84 valence electrons. The highest BCUT2D eigenvalue weighted by atomic mass is 16.1. The van der Waals surface area contributed by atoms with Crippen LogP contribution in [0.25, 0.3) is 0 Å². The third-order valence-corrected chi connectivity index (χ3v) is 2.94. The molecule has 1 rings (SSSR count). The third kappa shape index (κ3) is 4.41. The van der Waals surface area contributed by atoms with E-state index >= 15 is 0 Å². The molecule has 0 aromatic heterocycles. The van der Waals surface area contributed by atoms with Crippen LogP contribution in [0.2, 0.25) is 0 Å². The second-order valence-electron chi connectivity index (χ2n) is 4.38. The summed E-state index contributed by atoms with van der Waals surface area (Å²) in [5.41, 5.74) is 0. The Labute approximate surface area is 91.9 Å². The van der Waals surface area contributed by atoms with Gasteiger partial charge in [-0.15, -0.1) is 0 Å². The Bertz CT molecular complexity index is 254. The van der Waals surface area contributed by atoms with Gasteiger partial charge in [0.05, 0.1) is 6.54 Å². The van der Waals surface area contributed by atoms with E-state index in [0.717, 1.165) is 12.3 Å². The number of aliphatic imine (C=N–C) groups is 1. The van der Waals surface area contributed by atoms with Crippen molar-refractivity contribution < 1.29 is 4.79 Å². The quantitative estimate of drug-likeness (QED) is 0.393. The van der Waals surface area contributed by atoms with Gasteiger partial charge in [0, 0.05) is 12.6 Å². The van der Waals surface area contributed by atoms with Gasteiger partial charge in [-0.25, -0.2) is 9.79 Å². The molecule has 1 atom stereocenters. The van der Waals surface area contributed by atoms with Crippen molar-refractivity contribution >= 4 is 6.08 Å². The molecule has 1 aliphatic rings. The standard InChI is InChI=1S/C12H20N2O/c1-11(2)14-8-6-12(9-14)5-3-4-7-13-10-15/h3-4,11-12H,5-9H2,1-2H3/b4-3-. The highest BCUT2D eigenvalue weighted by molar-refractivity contribution is 5.33. The van der Waals surface area contributed by atoms with Crippen LogP contribution in [-0.2, 0) is 4.79 Å². The van der Waals surface area contributed by atoms with E-state index < -0.39 is 0 Å². The van der Waals surface area contributed by atoms with Gasteiger partial charge in [-0.05, 0) is 39.2 Å². The van der Waals surface area contributed by atoms with E-state index in [1.54, 1.807) is 0 Å². The fraction of sp³-hybridized carbons (Fsp3) is 0.750. The number of allylic oxidation sites excluding steroid dienone is 1. The largest absolute Gasteiger partial charge is 0.301 e. The fourth-order valence-electron chi connectivity index (χ4n) is 1.98. The smallest absolute Gasteiger partial charge is 0.235 e. The SMILES string of the molecule is CC(C)N1CCC(C/C=C\CN=C=O)C1. The van der Waals surface area contributed by atoms with Crippen molar-refractivity contribution in [2.75, 3.05) is 19.6 Å². The number of rotatable bonds is 5. The summed E-state index contributed by atoms with van der Waals surface area (Å²) < 4.78 is 0. The van der Waals surface area contributed by atoms with E-state index in [1.807, 2.05) is 6.08 Å². The van der Waals surface area contributed by atoms with Gasteiger partial charge in [-0.2, -0.15) is 0 Å². The van der Waals surface area contributed by atoms with E-state index in [1.165, 1.54) is 25.6 Å². The van der Waals surface area contributed by atoms with Crippen molar-refractivity contribution in [1.29, 1.82) is 0 Å². The number of likely N-dealkylation sites (tertiary alicyclic amines) is 1. The van der Waals surface area contributed by atoms with Crippen LogP contribution in [0, 0.1) is 5.92 Å². The van der Waals surface area contributed by atoms with Crippen molar-refractivity contribution in [1.82, 2.24) is 4.90 Å². The van der Waals surface area contributed by atoms with Gasteiger partial charge in [0.2, 0.25) is 6.08 Å². The topological polar surface area (TPSA) is 32.7 Å². The zero-order valence-corrected chi connectivity index (χ0v) is 9.65. The second-order valence-corrected chi connectivity index (χ2v) is 4.38. The van der Waals surface area contributed by atoms with Crippen LogP contribution in [-0.4, -0.2) is 36.7 Å². The summed E-state index contributed by atoms with van der Waals surface area (Å²) in [7, 11) is 0. The number of hydrogen-bond acceptors (Lipinski definition) is 3. The van der Waals surface area contributed by atoms with Crippen LogP contribution in [0.15, 0.2) is 17.1 Å². The molecule has 0 N–H and O–H groups in total. The summed E-state index contributed by atoms with van der Waals surface area (Å²) in [6.45, 7) is 7.40. The van der Waals surface area contributed by atoms with Gasteiger partial charge < -0.3 is 4.90 Å². The molecule has 1 unspecified atom stereocenters. The molecule has 0 radical (unpaired) electrons. The van der Waals surface area contributed by atoms with E-state index in [9.17, 15) is 4.79 Å². The Morgan fingerprint density at radius 1 is 1.53 bits per heavy atom. The van der Waals surface area contributed by atoms with E-state index in [4.69, 9.17) is 0 Å². The van der Waals surface area contributed by atoms with Gasteiger partial charge in [0.1, 0.15) is 0 Å². The average molecular weight is 208 g/mol. The highest BCUT2D eigenvalue weighted by Gasteiger charge is 2.22. The van der Waals surface area contributed by atoms with Crippen LogP contribution < -0.4 is 0 Å². The Morgan fingerprint density at radius 3 is 2.93 bits per heavy atom. The van der Waals surface area contributed by atoms with Crippen molar-refractivity contribution in [3.63, 3.8) is 0 Å². The van der Waals surface area contributed by atoms with Gasteiger partial charge in [-0.1, -0.05) is 12.2 Å². The van der Waals surface area contributed by atoms with E-state index in [0.29, 0.717) is 12.6 Å². The molecule has 1 fully saturated rings. The highest BCUT2D eigenvalue weighted by Crippen LogP contribution is 2.21. The minimum absolute atomic E-state index is 0.476. The fourth-order valence-corrected chi connectivity index (χ4v) is 1.98. The molecule has 0 aromatic carbocycles. The summed E-state index contributed by atoms with van der Waals surface area (Å²) in [4.78, 5) is 15.8. The molecule has 0 aromatic rings. The maximum Gasteiger partial charge on any atom is 0.235 e. The first kappa shape index (κ1) is 12.2. The molecule has 0 saturated carbocycles. The molecule has 0 spiro atoms. The molecule has 0 bridgehead atoms. The van der Waals surface area contributed by atoms with Crippen LogP contribution in [0.1, 0.15) is 26.7 Å². The van der Waals surface area contributed by atoms with E-state index in [2.05, 4.69) is 29.8 Å². The van der Waals surface area contributed by atoms with Crippen molar-refractivity contribution in [2.24, 2.45) is 10.9 Å². The van der Waals surface area contributed by atoms with Gasteiger partial charge in [-0.3, -0.25) is 0 Å². The number of hydrogen-bond donors (Lipinski definition) is 0. The summed E-state index contributed by atoms with van der Waals surface area (Å²) >= 11 is 0. The second kappa shape index (κ2) is 6.54. The summed E-state index contributed by atoms with van der Waals surface area (Å²) in [6.07, 6.45) is 8.02. The lowest BCUT2D eigenvalue weighted by molar-refractivity contribution is 0.265. The molecule has 1 saturated heterocycles. The molecule has 15 heavy (non-hydrogen) atoms. The first-order chi connectivity index (χ1) is 7.24. The Kier molecular flexibility index (Phi) is 5.30. The minimum Gasteiger partial charge on any atom is -0.301 e. The monoisotopic (exact) mass is 208 g/mol.